The fraction of sp³-hybridized carbons (Fsp3) is 0.500. The van der Waals surface area contributed by atoms with E-state index in [1.165, 1.54) is 28.3 Å². The Kier molecular flexibility index (Phi) is 5.64. The van der Waals surface area contributed by atoms with Gasteiger partial charge in [0.2, 0.25) is 0 Å². The maximum absolute atomic E-state index is 11.0. The number of carbonyl (C=O) groups excluding carboxylic acids is 1. The van der Waals surface area contributed by atoms with Gasteiger partial charge < -0.3 is 24.1 Å². The van der Waals surface area contributed by atoms with E-state index in [1.807, 2.05) is 0 Å². The summed E-state index contributed by atoms with van der Waals surface area (Å²) in [5.41, 5.74) is 0.457. The van der Waals surface area contributed by atoms with Crippen LogP contribution in [-0.2, 0) is 9.53 Å². The summed E-state index contributed by atoms with van der Waals surface area (Å²) < 4.78 is 20.6. The second kappa shape index (κ2) is 7.00. The number of methoxy groups -OCH3 is 3. The van der Waals surface area contributed by atoms with E-state index >= 15 is 0 Å². The van der Waals surface area contributed by atoms with E-state index in [-0.39, 0.29) is 0 Å². The molecule has 0 spiro atoms. The van der Waals surface area contributed by atoms with Gasteiger partial charge in [0.05, 0.1) is 21.3 Å². The molecular formula is C14H20O6. The standard InChI is InChI=1S/C14H20O6/c1-8(20-9(2)15)14(16)10-6-12(18-4)13(19-5)7-11(10)17-3/h6-8,14,16H,1-5H3/t8-,14-/m0/s1. The Labute approximate surface area is 118 Å². The van der Waals surface area contributed by atoms with Crippen molar-refractivity contribution in [1.82, 2.24) is 0 Å². The molecule has 0 aliphatic carbocycles. The Morgan fingerprint density at radius 1 is 1.05 bits per heavy atom. The first-order chi connectivity index (χ1) is 9.44. The number of esters is 1. The third kappa shape index (κ3) is 3.54. The highest BCUT2D eigenvalue weighted by Gasteiger charge is 2.24. The maximum atomic E-state index is 11.0. The molecule has 6 heteroatoms. The molecular weight excluding hydrogens is 264 g/mol. The lowest BCUT2D eigenvalue weighted by atomic mass is 10.0. The van der Waals surface area contributed by atoms with E-state index in [9.17, 15) is 9.90 Å². The van der Waals surface area contributed by atoms with Crippen LogP contribution in [0.25, 0.3) is 0 Å². The third-order valence-electron chi connectivity index (χ3n) is 2.85. The van der Waals surface area contributed by atoms with Crippen LogP contribution >= 0.6 is 0 Å². The van der Waals surface area contributed by atoms with E-state index in [2.05, 4.69) is 0 Å². The summed E-state index contributed by atoms with van der Waals surface area (Å²) >= 11 is 0. The normalized spacial score (nSPS) is 13.3. The summed E-state index contributed by atoms with van der Waals surface area (Å²) in [4.78, 5) is 11.0. The minimum Gasteiger partial charge on any atom is -0.496 e. The first-order valence-electron chi connectivity index (χ1n) is 6.09. The first-order valence-corrected chi connectivity index (χ1v) is 6.09. The van der Waals surface area contributed by atoms with Crippen LogP contribution in [-0.4, -0.2) is 38.5 Å². The molecule has 6 nitrogen and oxygen atoms in total. The molecule has 0 amide bonds. The third-order valence-corrected chi connectivity index (χ3v) is 2.85. The van der Waals surface area contributed by atoms with Crippen molar-refractivity contribution in [3.63, 3.8) is 0 Å². The molecule has 0 fully saturated rings. The minimum absolute atomic E-state index is 0.425. The smallest absolute Gasteiger partial charge is 0.302 e. The van der Waals surface area contributed by atoms with Crippen molar-refractivity contribution < 1.29 is 28.8 Å². The average molecular weight is 284 g/mol. The zero-order chi connectivity index (χ0) is 15.3. The molecule has 20 heavy (non-hydrogen) atoms. The topological polar surface area (TPSA) is 74.2 Å². The highest BCUT2D eigenvalue weighted by Crippen LogP contribution is 2.38. The number of benzene rings is 1. The largest absolute Gasteiger partial charge is 0.496 e. The van der Waals surface area contributed by atoms with E-state index in [0.29, 0.717) is 22.8 Å². The zero-order valence-corrected chi connectivity index (χ0v) is 12.3. The molecule has 0 saturated heterocycles. The SMILES string of the molecule is COc1cc(OC)c([C@@H](O)[C@H](C)OC(C)=O)cc1OC. The number of ether oxygens (including phenoxy) is 4. The van der Waals surface area contributed by atoms with Gasteiger partial charge in [-0.1, -0.05) is 0 Å². The Morgan fingerprint density at radius 2 is 1.55 bits per heavy atom. The van der Waals surface area contributed by atoms with Crippen molar-refractivity contribution in [2.75, 3.05) is 21.3 Å². The monoisotopic (exact) mass is 284 g/mol. The van der Waals surface area contributed by atoms with Gasteiger partial charge in [-0.2, -0.15) is 0 Å². The van der Waals surface area contributed by atoms with Crippen LogP contribution in [0.2, 0.25) is 0 Å². The van der Waals surface area contributed by atoms with Crippen molar-refractivity contribution in [2.24, 2.45) is 0 Å². The minimum atomic E-state index is -1.03. The molecule has 1 rings (SSSR count). The maximum Gasteiger partial charge on any atom is 0.302 e. The lowest BCUT2D eigenvalue weighted by Gasteiger charge is -2.22. The molecule has 0 saturated carbocycles. The van der Waals surface area contributed by atoms with Gasteiger partial charge in [-0.25, -0.2) is 0 Å². The summed E-state index contributed by atoms with van der Waals surface area (Å²) in [6.45, 7) is 2.89. The molecule has 0 aromatic heterocycles. The molecule has 1 N–H and O–H groups in total. The van der Waals surface area contributed by atoms with Crippen LogP contribution in [0.3, 0.4) is 0 Å². The molecule has 0 aliphatic heterocycles. The van der Waals surface area contributed by atoms with Crippen LogP contribution in [0, 0.1) is 0 Å². The zero-order valence-electron chi connectivity index (χ0n) is 12.3. The number of carbonyl (C=O) groups is 1. The first kappa shape index (κ1) is 16.1. The highest BCUT2D eigenvalue weighted by molar-refractivity contribution is 5.66. The van der Waals surface area contributed by atoms with E-state index in [4.69, 9.17) is 18.9 Å². The second-order valence-corrected chi connectivity index (χ2v) is 4.21. The van der Waals surface area contributed by atoms with Gasteiger partial charge in [-0.15, -0.1) is 0 Å². The molecule has 0 bridgehead atoms. The van der Waals surface area contributed by atoms with Gasteiger partial charge in [0, 0.05) is 18.6 Å². The van der Waals surface area contributed by atoms with Gasteiger partial charge in [0.15, 0.2) is 11.5 Å². The lowest BCUT2D eigenvalue weighted by molar-refractivity contribution is -0.151. The number of hydrogen-bond donors (Lipinski definition) is 1. The molecule has 0 aliphatic rings. The van der Waals surface area contributed by atoms with Crippen molar-refractivity contribution in [3.8, 4) is 17.2 Å². The molecule has 2 atom stereocenters. The second-order valence-electron chi connectivity index (χ2n) is 4.21. The summed E-state index contributed by atoms with van der Waals surface area (Å²) in [6, 6.07) is 3.21. The highest BCUT2D eigenvalue weighted by atomic mass is 16.6. The fourth-order valence-corrected chi connectivity index (χ4v) is 1.86. The summed E-state index contributed by atoms with van der Waals surface area (Å²) in [5, 5.41) is 10.3. The van der Waals surface area contributed by atoms with Gasteiger partial charge in [0.1, 0.15) is 18.0 Å². The Bertz CT molecular complexity index is 471. The molecule has 1 aromatic carbocycles. The number of hydrogen-bond acceptors (Lipinski definition) is 6. The average Bonchev–Trinajstić information content (AvgIpc) is 2.44. The van der Waals surface area contributed by atoms with Crippen LogP contribution in [0.5, 0.6) is 17.2 Å². The Morgan fingerprint density at radius 3 is 2.00 bits per heavy atom. The Hall–Kier alpha value is -1.95. The number of rotatable bonds is 6. The predicted octanol–water partition coefficient (Wildman–Crippen LogP) is 1.70. The quantitative estimate of drug-likeness (QED) is 0.801. The van der Waals surface area contributed by atoms with Crippen LogP contribution in [0.4, 0.5) is 0 Å². The van der Waals surface area contributed by atoms with Gasteiger partial charge in [-0.3, -0.25) is 4.79 Å². The number of aliphatic hydroxyl groups excluding tert-OH is 1. The van der Waals surface area contributed by atoms with Gasteiger partial charge in [-0.05, 0) is 13.0 Å². The van der Waals surface area contributed by atoms with E-state index in [0.717, 1.165) is 0 Å². The van der Waals surface area contributed by atoms with Crippen molar-refractivity contribution in [3.05, 3.63) is 17.7 Å². The van der Waals surface area contributed by atoms with E-state index < -0.39 is 18.2 Å². The lowest BCUT2D eigenvalue weighted by Crippen LogP contribution is -2.21. The fourth-order valence-electron chi connectivity index (χ4n) is 1.86. The molecule has 0 unspecified atom stereocenters. The Balaban J connectivity index is 3.18. The van der Waals surface area contributed by atoms with Crippen LogP contribution in [0.15, 0.2) is 12.1 Å². The van der Waals surface area contributed by atoms with Crippen molar-refractivity contribution in [1.29, 1.82) is 0 Å². The van der Waals surface area contributed by atoms with Gasteiger partial charge >= 0.3 is 5.97 Å². The number of aliphatic hydroxyl groups is 1. The van der Waals surface area contributed by atoms with Crippen molar-refractivity contribution >= 4 is 5.97 Å². The molecule has 0 heterocycles. The summed E-state index contributed by atoms with van der Waals surface area (Å²) in [5.74, 6) is 0.906. The summed E-state index contributed by atoms with van der Waals surface area (Å²) in [6.07, 6.45) is -1.74. The van der Waals surface area contributed by atoms with Crippen LogP contribution < -0.4 is 14.2 Å². The van der Waals surface area contributed by atoms with E-state index in [1.54, 1.807) is 19.1 Å². The summed E-state index contributed by atoms with van der Waals surface area (Å²) in [7, 11) is 4.48. The van der Waals surface area contributed by atoms with Crippen LogP contribution in [0.1, 0.15) is 25.5 Å². The van der Waals surface area contributed by atoms with Gasteiger partial charge in [0.25, 0.3) is 0 Å². The molecule has 1 aromatic rings. The van der Waals surface area contributed by atoms with Crippen molar-refractivity contribution in [2.45, 2.75) is 26.1 Å². The predicted molar refractivity (Wildman–Crippen MR) is 72.3 cm³/mol. The molecule has 0 radical (unpaired) electrons. The molecule has 112 valence electrons.